The van der Waals surface area contributed by atoms with Crippen molar-refractivity contribution in [3.63, 3.8) is 0 Å². The zero-order valence-corrected chi connectivity index (χ0v) is 15.7. The summed E-state index contributed by atoms with van der Waals surface area (Å²) < 4.78 is 17.6. The van der Waals surface area contributed by atoms with Crippen molar-refractivity contribution in [1.29, 1.82) is 0 Å². The molecule has 2 aromatic rings. The van der Waals surface area contributed by atoms with Gasteiger partial charge in [-0.2, -0.15) is 0 Å². The lowest BCUT2D eigenvalue weighted by atomic mass is 10.1. The van der Waals surface area contributed by atoms with Gasteiger partial charge in [-0.1, -0.05) is 0 Å². The molecule has 1 saturated heterocycles. The third-order valence-electron chi connectivity index (χ3n) is 4.64. The Hall–Kier alpha value is -2.16. The standard InChI is InChI=1S/C19H22N2O5S/c20-17(22)16-13-6-5-12(24-8-9-26-15-2-1-7-25-15)10-14(13)27-19(16)21-18(23)11-3-4-11/h5-6,10-11,15H,1-4,7-9H2,(H2,20,22)(H,21,23). The molecule has 1 aromatic carbocycles. The molecule has 7 nitrogen and oxygen atoms in total. The second-order valence-corrected chi connectivity index (χ2v) is 7.81. The van der Waals surface area contributed by atoms with E-state index in [1.54, 1.807) is 12.1 Å². The van der Waals surface area contributed by atoms with Crippen LogP contribution < -0.4 is 15.8 Å². The minimum Gasteiger partial charge on any atom is -0.491 e. The molecule has 2 fully saturated rings. The van der Waals surface area contributed by atoms with Crippen molar-refractivity contribution < 1.29 is 23.8 Å². The fourth-order valence-corrected chi connectivity index (χ4v) is 4.22. The van der Waals surface area contributed by atoms with Crippen LogP contribution in [0, 0.1) is 5.92 Å². The summed E-state index contributed by atoms with van der Waals surface area (Å²) in [5, 5.41) is 4.08. The quantitative estimate of drug-likeness (QED) is 0.675. The van der Waals surface area contributed by atoms with Gasteiger partial charge in [0.25, 0.3) is 5.91 Å². The number of thiophene rings is 1. The van der Waals surface area contributed by atoms with E-state index in [9.17, 15) is 9.59 Å². The Morgan fingerprint density at radius 3 is 2.81 bits per heavy atom. The van der Waals surface area contributed by atoms with Crippen LogP contribution in [0.4, 0.5) is 5.00 Å². The van der Waals surface area contributed by atoms with Gasteiger partial charge in [-0.05, 0) is 37.5 Å². The number of ether oxygens (including phenoxy) is 3. The van der Waals surface area contributed by atoms with Crippen LogP contribution in [0.3, 0.4) is 0 Å². The molecule has 0 bridgehead atoms. The van der Waals surface area contributed by atoms with E-state index in [4.69, 9.17) is 19.9 Å². The second kappa shape index (κ2) is 7.84. The molecule has 1 saturated carbocycles. The van der Waals surface area contributed by atoms with Crippen molar-refractivity contribution >= 4 is 38.2 Å². The summed E-state index contributed by atoms with van der Waals surface area (Å²) in [4.78, 5) is 24.0. The average molecular weight is 390 g/mol. The van der Waals surface area contributed by atoms with Crippen molar-refractivity contribution in [2.24, 2.45) is 11.7 Å². The Morgan fingerprint density at radius 2 is 2.11 bits per heavy atom. The van der Waals surface area contributed by atoms with Gasteiger partial charge in [0, 0.05) is 29.0 Å². The topological polar surface area (TPSA) is 99.9 Å². The Kier molecular flexibility index (Phi) is 5.29. The molecular formula is C19H22N2O5S. The number of amides is 2. The first-order valence-corrected chi connectivity index (χ1v) is 9.96. The average Bonchev–Trinajstić information content (AvgIpc) is 3.25. The van der Waals surface area contributed by atoms with E-state index in [0.29, 0.717) is 29.5 Å². The first kappa shape index (κ1) is 18.2. The van der Waals surface area contributed by atoms with Crippen LogP contribution in [0.25, 0.3) is 10.1 Å². The number of benzene rings is 1. The third-order valence-corrected chi connectivity index (χ3v) is 5.70. The summed E-state index contributed by atoms with van der Waals surface area (Å²) in [6.45, 7) is 1.61. The van der Waals surface area contributed by atoms with Crippen LogP contribution in [0.1, 0.15) is 36.0 Å². The highest BCUT2D eigenvalue weighted by Crippen LogP contribution is 2.39. The predicted octanol–water partition coefficient (Wildman–Crippen LogP) is 2.88. The summed E-state index contributed by atoms with van der Waals surface area (Å²) in [7, 11) is 0. The van der Waals surface area contributed by atoms with E-state index >= 15 is 0 Å². The van der Waals surface area contributed by atoms with Crippen molar-refractivity contribution in [1.82, 2.24) is 0 Å². The molecule has 1 atom stereocenters. The first-order chi connectivity index (χ1) is 13.1. The monoisotopic (exact) mass is 390 g/mol. The Labute approximate surface area is 160 Å². The molecule has 1 unspecified atom stereocenters. The van der Waals surface area contributed by atoms with Crippen LogP contribution in [0.2, 0.25) is 0 Å². The summed E-state index contributed by atoms with van der Waals surface area (Å²) in [5.74, 6) is 0.132. The Bertz CT molecular complexity index is 855. The molecule has 0 radical (unpaired) electrons. The molecule has 144 valence electrons. The zero-order chi connectivity index (χ0) is 18.8. The molecule has 27 heavy (non-hydrogen) atoms. The molecule has 1 aliphatic heterocycles. The van der Waals surface area contributed by atoms with E-state index in [1.165, 1.54) is 11.3 Å². The van der Waals surface area contributed by atoms with Crippen LogP contribution >= 0.6 is 11.3 Å². The van der Waals surface area contributed by atoms with Gasteiger partial charge in [0.1, 0.15) is 17.4 Å². The van der Waals surface area contributed by atoms with E-state index in [-0.39, 0.29) is 18.1 Å². The molecule has 2 aliphatic rings. The molecule has 8 heteroatoms. The summed E-state index contributed by atoms with van der Waals surface area (Å²) in [6.07, 6.45) is 3.63. The fourth-order valence-electron chi connectivity index (χ4n) is 3.08. The van der Waals surface area contributed by atoms with Gasteiger partial charge in [0.15, 0.2) is 6.29 Å². The highest BCUT2D eigenvalue weighted by molar-refractivity contribution is 7.23. The maximum absolute atomic E-state index is 12.1. The lowest BCUT2D eigenvalue weighted by Gasteiger charge is -2.11. The van der Waals surface area contributed by atoms with Gasteiger partial charge in [0.2, 0.25) is 5.91 Å². The van der Waals surface area contributed by atoms with Crippen LogP contribution in [-0.2, 0) is 14.3 Å². The number of carbonyl (C=O) groups excluding carboxylic acids is 2. The number of rotatable bonds is 8. The van der Waals surface area contributed by atoms with Gasteiger partial charge in [0.05, 0.1) is 12.2 Å². The number of nitrogens with one attached hydrogen (secondary N) is 1. The maximum Gasteiger partial charge on any atom is 0.252 e. The van der Waals surface area contributed by atoms with Gasteiger partial charge in [-0.3, -0.25) is 9.59 Å². The van der Waals surface area contributed by atoms with E-state index in [1.807, 2.05) is 6.07 Å². The molecule has 1 aromatic heterocycles. The fraction of sp³-hybridized carbons (Fsp3) is 0.474. The van der Waals surface area contributed by atoms with Gasteiger partial charge in [-0.25, -0.2) is 0 Å². The molecular weight excluding hydrogens is 368 g/mol. The number of nitrogens with two attached hydrogens (primary N) is 1. The summed E-state index contributed by atoms with van der Waals surface area (Å²) >= 11 is 1.34. The van der Waals surface area contributed by atoms with Crippen molar-refractivity contribution in [3.05, 3.63) is 23.8 Å². The first-order valence-electron chi connectivity index (χ1n) is 9.15. The number of anilines is 1. The molecule has 1 aliphatic carbocycles. The number of fused-ring (bicyclic) bond motifs is 1. The number of carbonyl (C=O) groups is 2. The van der Waals surface area contributed by atoms with Crippen LogP contribution in [0.15, 0.2) is 18.2 Å². The van der Waals surface area contributed by atoms with E-state index in [0.717, 1.165) is 42.4 Å². The SMILES string of the molecule is NC(=O)c1c(NC(=O)C2CC2)sc2cc(OCCOC3CCCO3)ccc12. The van der Waals surface area contributed by atoms with E-state index in [2.05, 4.69) is 5.32 Å². The Morgan fingerprint density at radius 1 is 1.26 bits per heavy atom. The molecule has 2 amide bonds. The minimum atomic E-state index is -0.550. The summed E-state index contributed by atoms with van der Waals surface area (Å²) in [5.41, 5.74) is 5.90. The number of hydrogen-bond donors (Lipinski definition) is 2. The minimum absolute atomic E-state index is 0.0493. The molecule has 2 heterocycles. The summed E-state index contributed by atoms with van der Waals surface area (Å²) in [6, 6.07) is 5.44. The highest BCUT2D eigenvalue weighted by atomic mass is 32.1. The van der Waals surface area contributed by atoms with Crippen LogP contribution in [0.5, 0.6) is 5.75 Å². The van der Waals surface area contributed by atoms with Gasteiger partial charge in [-0.15, -0.1) is 11.3 Å². The third kappa shape index (κ3) is 4.23. The van der Waals surface area contributed by atoms with Gasteiger partial charge >= 0.3 is 0 Å². The highest BCUT2D eigenvalue weighted by Gasteiger charge is 2.31. The number of hydrogen-bond acceptors (Lipinski definition) is 6. The zero-order valence-electron chi connectivity index (χ0n) is 14.9. The predicted molar refractivity (Wildman–Crippen MR) is 102 cm³/mol. The molecule has 3 N–H and O–H groups in total. The second-order valence-electron chi connectivity index (χ2n) is 6.75. The normalized spacial score (nSPS) is 19.3. The van der Waals surface area contributed by atoms with E-state index < -0.39 is 5.91 Å². The molecule has 4 rings (SSSR count). The van der Waals surface area contributed by atoms with Crippen LogP contribution in [-0.4, -0.2) is 37.9 Å². The Balaban J connectivity index is 1.44. The largest absolute Gasteiger partial charge is 0.491 e. The van der Waals surface area contributed by atoms with Crippen molar-refractivity contribution in [2.75, 3.05) is 25.1 Å². The maximum atomic E-state index is 12.1. The molecule has 0 spiro atoms. The lowest BCUT2D eigenvalue weighted by molar-refractivity contribution is -0.117. The number of primary amides is 1. The smallest absolute Gasteiger partial charge is 0.252 e. The van der Waals surface area contributed by atoms with Crippen molar-refractivity contribution in [2.45, 2.75) is 32.0 Å². The van der Waals surface area contributed by atoms with Crippen molar-refractivity contribution in [3.8, 4) is 5.75 Å². The lowest BCUT2D eigenvalue weighted by Crippen LogP contribution is -2.17. The van der Waals surface area contributed by atoms with Gasteiger partial charge < -0.3 is 25.3 Å².